The highest BCUT2D eigenvalue weighted by Crippen LogP contribution is 2.40. The third-order valence-corrected chi connectivity index (χ3v) is 4.90. The summed E-state index contributed by atoms with van der Waals surface area (Å²) in [4.78, 5) is 33.6. The van der Waals surface area contributed by atoms with Crippen molar-refractivity contribution in [3.05, 3.63) is 105 Å². The summed E-state index contributed by atoms with van der Waals surface area (Å²) >= 11 is 0. The van der Waals surface area contributed by atoms with Crippen LogP contribution in [0.25, 0.3) is 10.8 Å². The van der Waals surface area contributed by atoms with Crippen LogP contribution >= 0.6 is 0 Å². The first-order valence-electron chi connectivity index (χ1n) is 9.81. The maximum absolute atomic E-state index is 12.9. The van der Waals surface area contributed by atoms with Crippen LogP contribution in [0.3, 0.4) is 0 Å². The molecule has 0 radical (unpaired) electrons. The first-order chi connectivity index (χ1) is 16.3. The Morgan fingerprint density at radius 2 is 1.56 bits per heavy atom. The number of phenols is 1. The number of carbonyl (C=O) groups excluding carboxylic acids is 1. The number of nitro groups is 2. The van der Waals surface area contributed by atoms with Crippen LogP contribution in [0.1, 0.15) is 10.4 Å². The molecule has 11 heteroatoms. The van der Waals surface area contributed by atoms with Crippen LogP contribution in [-0.2, 0) is 0 Å². The summed E-state index contributed by atoms with van der Waals surface area (Å²) in [5, 5.41) is 44.8. The maximum atomic E-state index is 12.9. The Labute approximate surface area is 191 Å². The number of rotatable bonds is 6. The average Bonchev–Trinajstić information content (AvgIpc) is 2.83. The van der Waals surface area contributed by atoms with Crippen LogP contribution in [0.15, 0.2) is 89.1 Å². The highest BCUT2D eigenvalue weighted by atomic mass is 16.6. The van der Waals surface area contributed by atoms with Crippen LogP contribution in [-0.4, -0.2) is 20.9 Å². The summed E-state index contributed by atoms with van der Waals surface area (Å²) < 4.78 is 0. The number of hydrogen-bond acceptors (Lipinski definition) is 8. The minimum Gasteiger partial charge on any atom is -0.505 e. The zero-order valence-corrected chi connectivity index (χ0v) is 17.3. The zero-order valence-electron chi connectivity index (χ0n) is 17.3. The van der Waals surface area contributed by atoms with Gasteiger partial charge in [0.05, 0.1) is 21.5 Å². The number of nitrogens with one attached hydrogen (secondary N) is 1. The van der Waals surface area contributed by atoms with Gasteiger partial charge in [0.1, 0.15) is 5.69 Å². The molecule has 0 fully saturated rings. The fourth-order valence-electron chi connectivity index (χ4n) is 3.27. The molecule has 2 N–H and O–H groups in total. The molecule has 0 aliphatic rings. The average molecular weight is 457 g/mol. The van der Waals surface area contributed by atoms with Crippen LogP contribution in [0.2, 0.25) is 0 Å². The second-order valence-electron chi connectivity index (χ2n) is 7.05. The minimum absolute atomic E-state index is 0.0743. The van der Waals surface area contributed by atoms with Gasteiger partial charge in [-0.2, -0.15) is 0 Å². The van der Waals surface area contributed by atoms with E-state index in [9.17, 15) is 30.1 Å². The first-order valence-corrected chi connectivity index (χ1v) is 9.81. The maximum Gasteiger partial charge on any atom is 0.303 e. The van der Waals surface area contributed by atoms with E-state index >= 15 is 0 Å². The summed E-state index contributed by atoms with van der Waals surface area (Å²) in [6, 6.07) is 19.8. The van der Waals surface area contributed by atoms with Crippen molar-refractivity contribution in [3.63, 3.8) is 0 Å². The number of amides is 1. The lowest BCUT2D eigenvalue weighted by Gasteiger charge is -2.11. The van der Waals surface area contributed by atoms with Crippen molar-refractivity contribution in [2.75, 3.05) is 5.32 Å². The van der Waals surface area contributed by atoms with E-state index in [-0.39, 0.29) is 16.9 Å². The normalized spacial score (nSPS) is 10.9. The highest BCUT2D eigenvalue weighted by Gasteiger charge is 2.21. The van der Waals surface area contributed by atoms with Crippen molar-refractivity contribution in [2.24, 2.45) is 10.2 Å². The molecule has 0 spiro atoms. The van der Waals surface area contributed by atoms with E-state index in [1.165, 1.54) is 6.07 Å². The molecule has 0 aliphatic carbocycles. The molecule has 0 saturated carbocycles. The molecule has 4 aromatic rings. The number of non-ortho nitro benzene ring substituents is 1. The standard InChI is InChI=1S/C23H15N5O6/c29-22-18(23(30)24-15-7-2-1-3-8-15)12-14-6-4-5-9-17(14)21(22)26-25-19-11-10-16(27(31)32)13-20(19)28(33)34/h1-13,29H,(H,24,30). The van der Waals surface area contributed by atoms with E-state index in [0.717, 1.165) is 18.2 Å². The number of aromatic hydroxyl groups is 1. The summed E-state index contributed by atoms with van der Waals surface area (Å²) in [6.07, 6.45) is 0. The Morgan fingerprint density at radius 1 is 0.853 bits per heavy atom. The second-order valence-corrected chi connectivity index (χ2v) is 7.05. The van der Waals surface area contributed by atoms with Gasteiger partial charge in [0.25, 0.3) is 11.6 Å². The highest BCUT2D eigenvalue weighted by molar-refractivity contribution is 6.11. The quantitative estimate of drug-likeness (QED) is 0.204. The Balaban J connectivity index is 1.81. The minimum atomic E-state index is -0.816. The Kier molecular flexibility index (Phi) is 5.91. The molecule has 1 amide bonds. The van der Waals surface area contributed by atoms with Crippen LogP contribution < -0.4 is 5.32 Å². The van der Waals surface area contributed by atoms with Gasteiger partial charge in [-0.3, -0.25) is 25.0 Å². The van der Waals surface area contributed by atoms with Crippen molar-refractivity contribution in [1.29, 1.82) is 0 Å². The molecule has 0 aliphatic heterocycles. The molecule has 0 heterocycles. The molecular formula is C23H15N5O6. The van der Waals surface area contributed by atoms with Crippen molar-refractivity contribution in [1.82, 2.24) is 0 Å². The van der Waals surface area contributed by atoms with Gasteiger partial charge in [-0.05, 0) is 29.7 Å². The number of nitro benzene ring substituents is 2. The lowest BCUT2D eigenvalue weighted by atomic mass is 10.0. The number of benzene rings is 4. The number of phenolic OH excluding ortho intramolecular Hbond substituents is 1. The van der Waals surface area contributed by atoms with Gasteiger partial charge in [-0.1, -0.05) is 42.5 Å². The number of fused-ring (bicyclic) bond motifs is 1. The lowest BCUT2D eigenvalue weighted by Crippen LogP contribution is -2.12. The molecule has 4 aromatic carbocycles. The van der Waals surface area contributed by atoms with Crippen molar-refractivity contribution >= 4 is 45.1 Å². The van der Waals surface area contributed by atoms with Crippen LogP contribution in [0, 0.1) is 20.2 Å². The topological polar surface area (TPSA) is 160 Å². The molecule has 0 bridgehead atoms. The predicted octanol–water partition coefficient (Wildman–Crippen LogP) is 6.03. The van der Waals surface area contributed by atoms with Crippen LogP contribution in [0.5, 0.6) is 5.75 Å². The number of para-hydroxylation sites is 1. The predicted molar refractivity (Wildman–Crippen MR) is 124 cm³/mol. The van der Waals surface area contributed by atoms with Crippen molar-refractivity contribution in [2.45, 2.75) is 0 Å². The van der Waals surface area contributed by atoms with E-state index in [4.69, 9.17) is 0 Å². The fraction of sp³-hybridized carbons (Fsp3) is 0. The van der Waals surface area contributed by atoms with Crippen LogP contribution in [0.4, 0.5) is 28.4 Å². The molecule has 0 unspecified atom stereocenters. The largest absolute Gasteiger partial charge is 0.505 e. The second kappa shape index (κ2) is 9.12. The van der Waals surface area contributed by atoms with Gasteiger partial charge in [0, 0.05) is 17.1 Å². The van der Waals surface area contributed by atoms with Crippen molar-refractivity contribution < 1.29 is 19.7 Å². The van der Waals surface area contributed by atoms with Gasteiger partial charge >= 0.3 is 5.69 Å². The third kappa shape index (κ3) is 4.39. The number of anilines is 1. The van der Waals surface area contributed by atoms with Gasteiger partial charge in [-0.15, -0.1) is 10.2 Å². The van der Waals surface area contributed by atoms with Gasteiger partial charge in [-0.25, -0.2) is 0 Å². The van der Waals surface area contributed by atoms with Gasteiger partial charge in [0.2, 0.25) is 0 Å². The number of azo groups is 1. The van der Waals surface area contributed by atoms with Gasteiger partial charge < -0.3 is 10.4 Å². The lowest BCUT2D eigenvalue weighted by molar-refractivity contribution is -0.393. The van der Waals surface area contributed by atoms with E-state index in [0.29, 0.717) is 16.5 Å². The summed E-state index contributed by atoms with van der Waals surface area (Å²) in [7, 11) is 0. The summed E-state index contributed by atoms with van der Waals surface area (Å²) in [5.41, 5.74) is -0.986. The molecule has 0 aromatic heterocycles. The Hall–Kier alpha value is -5.19. The molecule has 0 atom stereocenters. The first kappa shape index (κ1) is 22.0. The van der Waals surface area contributed by atoms with E-state index in [2.05, 4.69) is 15.5 Å². The zero-order chi connectivity index (χ0) is 24.2. The van der Waals surface area contributed by atoms with E-state index in [1.54, 1.807) is 54.6 Å². The molecular weight excluding hydrogens is 442 g/mol. The smallest absolute Gasteiger partial charge is 0.303 e. The number of nitrogens with zero attached hydrogens (tertiary/aromatic N) is 4. The van der Waals surface area contributed by atoms with Gasteiger partial charge in [0.15, 0.2) is 11.4 Å². The molecule has 4 rings (SSSR count). The third-order valence-electron chi connectivity index (χ3n) is 4.90. The molecule has 168 valence electrons. The molecule has 0 saturated heterocycles. The Bertz CT molecular complexity index is 1470. The van der Waals surface area contributed by atoms with E-state index in [1.807, 2.05) is 0 Å². The monoisotopic (exact) mass is 457 g/mol. The Morgan fingerprint density at radius 3 is 2.26 bits per heavy atom. The summed E-state index contributed by atoms with van der Waals surface area (Å²) in [5.74, 6) is -1.06. The number of hydrogen-bond donors (Lipinski definition) is 2. The van der Waals surface area contributed by atoms with Crippen molar-refractivity contribution in [3.8, 4) is 5.75 Å². The number of carbonyl (C=O) groups is 1. The van der Waals surface area contributed by atoms with E-state index < -0.39 is 32.9 Å². The SMILES string of the molecule is O=C(Nc1ccccc1)c1cc2ccccc2c(N=Nc2ccc([N+](=O)[O-])cc2[N+](=O)[O-])c1O. The fourth-order valence-corrected chi connectivity index (χ4v) is 3.27. The summed E-state index contributed by atoms with van der Waals surface area (Å²) in [6.45, 7) is 0. The molecule has 34 heavy (non-hydrogen) atoms. The molecule has 11 nitrogen and oxygen atoms in total.